The van der Waals surface area contributed by atoms with Crippen molar-refractivity contribution in [2.45, 2.75) is 19.5 Å². The van der Waals surface area contributed by atoms with Gasteiger partial charge in [0.2, 0.25) is 0 Å². The summed E-state index contributed by atoms with van der Waals surface area (Å²) in [4.78, 5) is 12.4. The predicted molar refractivity (Wildman–Crippen MR) is 57.9 cm³/mol. The first-order valence-electron chi connectivity index (χ1n) is 4.17. The Hall–Kier alpha value is -0.580. The zero-order valence-corrected chi connectivity index (χ0v) is 9.60. The van der Waals surface area contributed by atoms with Crippen molar-refractivity contribution in [3.8, 4) is 0 Å². The van der Waals surface area contributed by atoms with Crippen LogP contribution in [0.25, 0.3) is 0 Å². The van der Waals surface area contributed by atoms with Crippen LogP contribution in [0, 0.1) is 0 Å². The van der Waals surface area contributed by atoms with E-state index in [-0.39, 0.29) is 0 Å². The number of carbonyl (C=O) groups is 1. The predicted octanol–water partition coefficient (Wildman–Crippen LogP) is 2.31. The second kappa shape index (κ2) is 4.77. The van der Waals surface area contributed by atoms with Gasteiger partial charge in [0.25, 0.3) is 0 Å². The first kappa shape index (κ1) is 11.5. The van der Waals surface area contributed by atoms with Crippen LogP contribution in [-0.2, 0) is 11.3 Å². The summed E-state index contributed by atoms with van der Waals surface area (Å²) in [6, 6.07) is 1.42. The molecule has 1 unspecified atom stereocenters. The summed E-state index contributed by atoms with van der Waals surface area (Å²) in [5, 5.41) is 10.7. The Morgan fingerprint density at radius 1 is 1.79 bits per heavy atom. The number of hydrogen-bond acceptors (Lipinski definition) is 3. The molecule has 0 saturated heterocycles. The standard InChI is InChI=1S/C9H12ClNO2S/c1-6(9(12)13)11(2)5-7-3-4-14-8(7)10/h3-4,6H,5H2,1-2H3,(H,12,13). The normalized spacial score (nSPS) is 13.1. The number of halogens is 1. The van der Waals surface area contributed by atoms with Crippen LogP contribution in [0.1, 0.15) is 12.5 Å². The molecule has 0 aliphatic rings. The molecule has 0 bridgehead atoms. The molecule has 1 atom stereocenters. The quantitative estimate of drug-likeness (QED) is 0.868. The molecule has 1 N–H and O–H groups in total. The average Bonchev–Trinajstić information content (AvgIpc) is 2.50. The van der Waals surface area contributed by atoms with Crippen LogP contribution in [0.2, 0.25) is 4.34 Å². The number of carboxylic acids is 1. The highest BCUT2D eigenvalue weighted by Crippen LogP contribution is 2.24. The highest BCUT2D eigenvalue weighted by Gasteiger charge is 2.17. The van der Waals surface area contributed by atoms with Crippen LogP contribution in [0.5, 0.6) is 0 Å². The van der Waals surface area contributed by atoms with E-state index in [1.165, 1.54) is 11.3 Å². The van der Waals surface area contributed by atoms with E-state index < -0.39 is 12.0 Å². The lowest BCUT2D eigenvalue weighted by atomic mass is 10.2. The molecule has 0 fully saturated rings. The zero-order valence-electron chi connectivity index (χ0n) is 8.03. The lowest BCUT2D eigenvalue weighted by Gasteiger charge is -2.20. The summed E-state index contributed by atoms with van der Waals surface area (Å²) < 4.78 is 0.731. The van der Waals surface area contributed by atoms with E-state index in [1.807, 2.05) is 11.4 Å². The SMILES string of the molecule is CC(C(=O)O)N(C)Cc1ccsc1Cl. The average molecular weight is 234 g/mol. The molecule has 1 rings (SSSR count). The fraction of sp³-hybridized carbons (Fsp3) is 0.444. The van der Waals surface area contributed by atoms with Gasteiger partial charge in [-0.1, -0.05) is 11.6 Å². The van der Waals surface area contributed by atoms with E-state index in [4.69, 9.17) is 16.7 Å². The molecule has 3 nitrogen and oxygen atoms in total. The second-order valence-electron chi connectivity index (χ2n) is 3.15. The molecular formula is C9H12ClNO2S. The molecule has 1 aromatic rings. The van der Waals surface area contributed by atoms with Crippen molar-refractivity contribution in [2.24, 2.45) is 0 Å². The fourth-order valence-corrected chi connectivity index (χ4v) is 1.94. The van der Waals surface area contributed by atoms with Gasteiger partial charge in [-0.2, -0.15) is 0 Å². The minimum atomic E-state index is -0.821. The first-order valence-corrected chi connectivity index (χ1v) is 5.43. The van der Waals surface area contributed by atoms with Gasteiger partial charge in [0.1, 0.15) is 6.04 Å². The third-order valence-corrected chi connectivity index (χ3v) is 3.38. The lowest BCUT2D eigenvalue weighted by Crippen LogP contribution is -2.35. The van der Waals surface area contributed by atoms with Crippen molar-refractivity contribution in [2.75, 3.05) is 7.05 Å². The van der Waals surface area contributed by atoms with Gasteiger partial charge >= 0.3 is 5.97 Å². The Kier molecular flexibility index (Phi) is 3.92. The molecule has 0 aliphatic heterocycles. The molecule has 1 heterocycles. The fourth-order valence-electron chi connectivity index (χ4n) is 1.03. The molecular weight excluding hydrogens is 222 g/mol. The van der Waals surface area contributed by atoms with Gasteiger partial charge in [-0.3, -0.25) is 9.69 Å². The summed E-state index contributed by atoms with van der Waals surface area (Å²) in [5.41, 5.74) is 0.979. The van der Waals surface area contributed by atoms with Crippen molar-refractivity contribution >= 4 is 28.9 Å². The molecule has 0 spiro atoms. The van der Waals surface area contributed by atoms with Crippen LogP contribution >= 0.6 is 22.9 Å². The molecule has 14 heavy (non-hydrogen) atoms. The van der Waals surface area contributed by atoms with Crippen LogP contribution in [0.3, 0.4) is 0 Å². The van der Waals surface area contributed by atoms with Crippen LogP contribution in [0.4, 0.5) is 0 Å². The number of thiophene rings is 1. The highest BCUT2D eigenvalue weighted by molar-refractivity contribution is 7.14. The van der Waals surface area contributed by atoms with Gasteiger partial charge in [0, 0.05) is 6.54 Å². The van der Waals surface area contributed by atoms with E-state index >= 15 is 0 Å². The molecule has 0 radical (unpaired) electrons. The van der Waals surface area contributed by atoms with Gasteiger partial charge < -0.3 is 5.11 Å². The van der Waals surface area contributed by atoms with E-state index in [9.17, 15) is 4.79 Å². The van der Waals surface area contributed by atoms with E-state index in [0.717, 1.165) is 9.90 Å². The smallest absolute Gasteiger partial charge is 0.320 e. The second-order valence-corrected chi connectivity index (χ2v) is 4.67. The maximum Gasteiger partial charge on any atom is 0.320 e. The van der Waals surface area contributed by atoms with Gasteiger partial charge in [-0.05, 0) is 31.0 Å². The van der Waals surface area contributed by atoms with Gasteiger partial charge in [0.05, 0.1) is 4.34 Å². The number of aliphatic carboxylic acids is 1. The summed E-state index contributed by atoms with van der Waals surface area (Å²) in [6.45, 7) is 2.22. The summed E-state index contributed by atoms with van der Waals surface area (Å²) in [5.74, 6) is -0.821. The maximum absolute atomic E-state index is 10.7. The molecule has 5 heteroatoms. The van der Waals surface area contributed by atoms with Gasteiger partial charge in [0.15, 0.2) is 0 Å². The van der Waals surface area contributed by atoms with E-state index in [2.05, 4.69) is 0 Å². The van der Waals surface area contributed by atoms with Crippen molar-refractivity contribution in [1.82, 2.24) is 4.90 Å². The molecule has 78 valence electrons. The monoisotopic (exact) mass is 233 g/mol. The Labute approximate surface area is 91.9 Å². The maximum atomic E-state index is 10.7. The number of nitrogens with zero attached hydrogens (tertiary/aromatic N) is 1. The largest absolute Gasteiger partial charge is 0.480 e. The summed E-state index contributed by atoms with van der Waals surface area (Å²) in [6.07, 6.45) is 0. The number of hydrogen-bond donors (Lipinski definition) is 1. The number of carboxylic acid groups (broad SMARTS) is 1. The Bertz CT molecular complexity index is 326. The van der Waals surface area contributed by atoms with Crippen LogP contribution in [-0.4, -0.2) is 29.1 Å². The molecule has 0 aromatic carbocycles. The Morgan fingerprint density at radius 3 is 2.86 bits per heavy atom. The number of likely N-dealkylation sites (N-methyl/N-ethyl adjacent to an activating group) is 1. The topological polar surface area (TPSA) is 40.5 Å². The van der Waals surface area contributed by atoms with E-state index in [0.29, 0.717) is 6.54 Å². The third-order valence-electron chi connectivity index (χ3n) is 2.13. The lowest BCUT2D eigenvalue weighted by molar-refractivity contribution is -0.142. The van der Waals surface area contributed by atoms with Crippen LogP contribution in [0.15, 0.2) is 11.4 Å². The van der Waals surface area contributed by atoms with Gasteiger partial charge in [-0.15, -0.1) is 11.3 Å². The van der Waals surface area contributed by atoms with Crippen molar-refractivity contribution in [1.29, 1.82) is 0 Å². The Balaban J connectivity index is 2.61. The van der Waals surface area contributed by atoms with Crippen molar-refractivity contribution in [3.05, 3.63) is 21.3 Å². The minimum absolute atomic E-state index is 0.494. The highest BCUT2D eigenvalue weighted by atomic mass is 35.5. The van der Waals surface area contributed by atoms with Gasteiger partial charge in [-0.25, -0.2) is 0 Å². The minimum Gasteiger partial charge on any atom is -0.480 e. The van der Waals surface area contributed by atoms with Crippen LogP contribution < -0.4 is 0 Å². The summed E-state index contributed by atoms with van der Waals surface area (Å²) >= 11 is 7.37. The van der Waals surface area contributed by atoms with Crippen molar-refractivity contribution < 1.29 is 9.90 Å². The first-order chi connectivity index (χ1) is 6.52. The molecule has 0 saturated carbocycles. The zero-order chi connectivity index (χ0) is 10.7. The third kappa shape index (κ3) is 2.70. The molecule has 1 aromatic heterocycles. The molecule has 0 amide bonds. The Morgan fingerprint density at radius 2 is 2.43 bits per heavy atom. The molecule has 0 aliphatic carbocycles. The number of rotatable bonds is 4. The van der Waals surface area contributed by atoms with Crippen molar-refractivity contribution in [3.63, 3.8) is 0 Å². The van der Waals surface area contributed by atoms with E-state index in [1.54, 1.807) is 18.9 Å². The summed E-state index contributed by atoms with van der Waals surface area (Å²) in [7, 11) is 1.77.